The van der Waals surface area contributed by atoms with Gasteiger partial charge >= 0.3 is 5.97 Å². The molecule has 140 valence electrons. The van der Waals surface area contributed by atoms with Crippen molar-refractivity contribution in [2.75, 3.05) is 44.3 Å². The molecular weight excluding hydrogens is 376 g/mol. The zero-order valence-corrected chi connectivity index (χ0v) is 15.9. The molecule has 0 aliphatic carbocycles. The second-order valence-corrected chi connectivity index (χ2v) is 8.21. The summed E-state index contributed by atoms with van der Waals surface area (Å²) in [5.41, 5.74) is 0.881. The highest BCUT2D eigenvalue weighted by molar-refractivity contribution is 7.19. The lowest BCUT2D eigenvalue weighted by Crippen LogP contribution is -2.36. The van der Waals surface area contributed by atoms with Crippen LogP contribution in [0.15, 0.2) is 6.07 Å². The van der Waals surface area contributed by atoms with Crippen molar-refractivity contribution < 1.29 is 14.6 Å². The molecule has 0 saturated carbocycles. The Morgan fingerprint density at radius 3 is 2.69 bits per heavy atom. The first-order chi connectivity index (χ1) is 12.6. The lowest BCUT2D eigenvalue weighted by atomic mass is 9.97. The molecule has 4 heterocycles. The van der Waals surface area contributed by atoms with Crippen LogP contribution < -0.4 is 4.90 Å². The number of anilines is 1. The Morgan fingerprint density at radius 2 is 2.00 bits per heavy atom. The van der Waals surface area contributed by atoms with Gasteiger partial charge in [0.15, 0.2) is 5.82 Å². The van der Waals surface area contributed by atoms with Gasteiger partial charge in [0.05, 0.1) is 29.3 Å². The third-order valence-electron chi connectivity index (χ3n) is 5.00. The third kappa shape index (κ3) is 3.78. The summed E-state index contributed by atoms with van der Waals surface area (Å²) in [6.07, 6.45) is 1.43. The number of morpholine rings is 1. The molecule has 0 amide bonds. The van der Waals surface area contributed by atoms with Crippen LogP contribution in [0.3, 0.4) is 0 Å². The molecule has 0 aromatic carbocycles. The molecule has 0 bridgehead atoms. The standard InChI is InChI=1S/C17H21ClN4O3S/c18-17-19-13-9-12(10-21-3-1-11(2-4-21)16(23)24)26-14(13)15(20-17)22-5-7-25-8-6-22/h9,11H,1-8,10H2,(H,23,24). The van der Waals surface area contributed by atoms with Gasteiger partial charge < -0.3 is 14.7 Å². The molecular formula is C17H21ClN4O3S. The summed E-state index contributed by atoms with van der Waals surface area (Å²) >= 11 is 7.85. The van der Waals surface area contributed by atoms with E-state index in [-0.39, 0.29) is 11.2 Å². The highest BCUT2D eigenvalue weighted by atomic mass is 35.5. The lowest BCUT2D eigenvalue weighted by Gasteiger charge is -2.29. The second-order valence-electron chi connectivity index (χ2n) is 6.73. The number of hydrogen-bond donors (Lipinski definition) is 1. The molecule has 0 radical (unpaired) electrons. The SMILES string of the molecule is O=C(O)C1CCN(Cc2cc3nc(Cl)nc(N4CCOCC4)c3s2)CC1. The highest BCUT2D eigenvalue weighted by Gasteiger charge is 2.25. The number of nitrogens with zero attached hydrogens (tertiary/aromatic N) is 4. The largest absolute Gasteiger partial charge is 0.481 e. The molecule has 2 saturated heterocycles. The van der Waals surface area contributed by atoms with Crippen molar-refractivity contribution in [2.24, 2.45) is 5.92 Å². The van der Waals surface area contributed by atoms with Crippen LogP contribution in [0.5, 0.6) is 0 Å². The summed E-state index contributed by atoms with van der Waals surface area (Å²) < 4.78 is 6.49. The van der Waals surface area contributed by atoms with E-state index in [0.29, 0.717) is 26.1 Å². The van der Waals surface area contributed by atoms with Gasteiger partial charge in [0.25, 0.3) is 0 Å². The van der Waals surface area contributed by atoms with E-state index in [9.17, 15) is 4.79 Å². The van der Waals surface area contributed by atoms with Crippen LogP contribution in [-0.4, -0.2) is 65.3 Å². The number of ether oxygens (including phenoxy) is 1. The summed E-state index contributed by atoms with van der Waals surface area (Å²) in [6.45, 7) is 5.44. The molecule has 0 spiro atoms. The molecule has 2 aromatic rings. The van der Waals surface area contributed by atoms with E-state index in [2.05, 4.69) is 25.8 Å². The third-order valence-corrected chi connectivity index (χ3v) is 6.28. The maximum Gasteiger partial charge on any atom is 0.306 e. The summed E-state index contributed by atoms with van der Waals surface area (Å²) in [4.78, 5) is 25.7. The van der Waals surface area contributed by atoms with Crippen LogP contribution in [0.25, 0.3) is 10.2 Å². The molecule has 7 nitrogen and oxygen atoms in total. The monoisotopic (exact) mass is 396 g/mol. The van der Waals surface area contributed by atoms with Gasteiger partial charge in [0, 0.05) is 24.5 Å². The number of aliphatic carboxylic acids is 1. The summed E-state index contributed by atoms with van der Waals surface area (Å²) in [7, 11) is 0. The van der Waals surface area contributed by atoms with Gasteiger partial charge in [-0.15, -0.1) is 11.3 Å². The zero-order valence-electron chi connectivity index (χ0n) is 14.4. The maximum absolute atomic E-state index is 11.1. The first-order valence-corrected chi connectivity index (χ1v) is 10.0. The molecule has 0 atom stereocenters. The highest BCUT2D eigenvalue weighted by Crippen LogP contribution is 2.34. The summed E-state index contributed by atoms with van der Waals surface area (Å²) in [5.74, 6) is 0.0157. The molecule has 9 heteroatoms. The van der Waals surface area contributed by atoms with Crippen LogP contribution in [0, 0.1) is 5.92 Å². The van der Waals surface area contributed by atoms with E-state index in [4.69, 9.17) is 21.4 Å². The molecule has 2 aliphatic heterocycles. The summed E-state index contributed by atoms with van der Waals surface area (Å²) in [5, 5.41) is 9.40. The van der Waals surface area contributed by atoms with Gasteiger partial charge in [0.2, 0.25) is 5.28 Å². The van der Waals surface area contributed by atoms with Crippen molar-refractivity contribution in [3.05, 3.63) is 16.2 Å². The van der Waals surface area contributed by atoms with Crippen molar-refractivity contribution in [1.29, 1.82) is 0 Å². The Balaban J connectivity index is 1.53. The number of piperidine rings is 1. The molecule has 1 N–H and O–H groups in total. The molecule has 2 aliphatic rings. The van der Waals surface area contributed by atoms with E-state index in [1.54, 1.807) is 11.3 Å². The fourth-order valence-corrected chi connectivity index (χ4v) is 4.89. The van der Waals surface area contributed by atoms with Crippen molar-refractivity contribution in [2.45, 2.75) is 19.4 Å². The van der Waals surface area contributed by atoms with E-state index >= 15 is 0 Å². The number of hydrogen-bond acceptors (Lipinski definition) is 7. The molecule has 0 unspecified atom stereocenters. The van der Waals surface area contributed by atoms with Gasteiger partial charge in [-0.2, -0.15) is 4.98 Å². The van der Waals surface area contributed by atoms with Gasteiger partial charge in [0.1, 0.15) is 0 Å². The average molecular weight is 397 g/mol. The van der Waals surface area contributed by atoms with E-state index in [1.807, 2.05) is 0 Å². The fourth-order valence-electron chi connectivity index (χ4n) is 3.56. The Morgan fingerprint density at radius 1 is 1.27 bits per heavy atom. The number of likely N-dealkylation sites (tertiary alicyclic amines) is 1. The maximum atomic E-state index is 11.1. The van der Waals surface area contributed by atoms with Crippen LogP contribution >= 0.6 is 22.9 Å². The zero-order chi connectivity index (χ0) is 18.1. The predicted molar refractivity (Wildman–Crippen MR) is 101 cm³/mol. The topological polar surface area (TPSA) is 78.8 Å². The van der Waals surface area contributed by atoms with Crippen LogP contribution in [0.1, 0.15) is 17.7 Å². The second kappa shape index (κ2) is 7.64. The number of carboxylic acids is 1. The minimum absolute atomic E-state index is 0.203. The minimum Gasteiger partial charge on any atom is -0.481 e. The molecule has 4 rings (SSSR count). The van der Waals surface area contributed by atoms with Crippen molar-refractivity contribution in [3.63, 3.8) is 0 Å². The lowest BCUT2D eigenvalue weighted by molar-refractivity contribution is -0.143. The van der Waals surface area contributed by atoms with E-state index < -0.39 is 5.97 Å². The van der Waals surface area contributed by atoms with E-state index in [0.717, 1.165) is 48.8 Å². The number of halogens is 1. The Hall–Kier alpha value is -1.48. The normalized spacial score (nSPS) is 20.0. The number of carboxylic acid groups (broad SMARTS) is 1. The van der Waals surface area contributed by atoms with Gasteiger partial charge in [-0.1, -0.05) is 0 Å². The number of carbonyl (C=O) groups is 1. The van der Waals surface area contributed by atoms with Gasteiger partial charge in [-0.05, 0) is 43.6 Å². The minimum atomic E-state index is -0.674. The van der Waals surface area contributed by atoms with Crippen molar-refractivity contribution in [3.8, 4) is 0 Å². The van der Waals surface area contributed by atoms with Crippen LogP contribution in [-0.2, 0) is 16.1 Å². The van der Waals surface area contributed by atoms with Gasteiger partial charge in [-0.25, -0.2) is 4.98 Å². The molecule has 2 aromatic heterocycles. The Labute approximate surface area is 160 Å². The Bertz CT molecular complexity index is 801. The number of aromatic nitrogens is 2. The van der Waals surface area contributed by atoms with Crippen molar-refractivity contribution in [1.82, 2.24) is 14.9 Å². The number of thiophene rings is 1. The van der Waals surface area contributed by atoms with Crippen LogP contribution in [0.2, 0.25) is 5.28 Å². The summed E-state index contributed by atoms with van der Waals surface area (Å²) in [6, 6.07) is 2.08. The predicted octanol–water partition coefficient (Wildman–Crippen LogP) is 2.48. The van der Waals surface area contributed by atoms with Crippen LogP contribution in [0.4, 0.5) is 5.82 Å². The first-order valence-electron chi connectivity index (χ1n) is 8.84. The molecule has 26 heavy (non-hydrogen) atoms. The van der Waals surface area contributed by atoms with Crippen molar-refractivity contribution >= 4 is 44.9 Å². The first kappa shape index (κ1) is 17.9. The smallest absolute Gasteiger partial charge is 0.306 e. The number of rotatable bonds is 4. The Kier molecular flexibility index (Phi) is 5.26. The number of fused-ring (bicyclic) bond motifs is 1. The van der Waals surface area contributed by atoms with E-state index in [1.165, 1.54) is 4.88 Å². The average Bonchev–Trinajstić information content (AvgIpc) is 3.04. The van der Waals surface area contributed by atoms with Gasteiger partial charge in [-0.3, -0.25) is 9.69 Å². The fraction of sp³-hybridized carbons (Fsp3) is 0.588. The molecule has 2 fully saturated rings. The quantitative estimate of drug-likeness (QED) is 0.795.